The first kappa shape index (κ1) is 13.4. The summed E-state index contributed by atoms with van der Waals surface area (Å²) < 4.78 is 0. The van der Waals surface area contributed by atoms with Gasteiger partial charge in [-0.25, -0.2) is 0 Å². The molecule has 0 unspecified atom stereocenters. The number of nitrogens with two attached hydrogens (primary N) is 1. The highest BCUT2D eigenvalue weighted by molar-refractivity contribution is 6.31. The number of nitrogens with zero attached hydrogens (tertiary/aromatic N) is 1. The number of benzene rings is 2. The Labute approximate surface area is 117 Å². The molecule has 3 nitrogen and oxygen atoms in total. The lowest BCUT2D eigenvalue weighted by Crippen LogP contribution is -2.27. The Morgan fingerprint density at radius 1 is 1.21 bits per heavy atom. The zero-order valence-corrected chi connectivity index (χ0v) is 11.6. The Kier molecular flexibility index (Phi) is 3.76. The van der Waals surface area contributed by atoms with Gasteiger partial charge in [-0.3, -0.25) is 4.79 Å². The topological polar surface area (TPSA) is 46.3 Å². The predicted molar refractivity (Wildman–Crippen MR) is 79.8 cm³/mol. The summed E-state index contributed by atoms with van der Waals surface area (Å²) in [5.41, 5.74) is 8.61. The summed E-state index contributed by atoms with van der Waals surface area (Å²) in [6.45, 7) is 1.87. The maximum absolute atomic E-state index is 12.4. The van der Waals surface area contributed by atoms with Gasteiger partial charge in [-0.05, 0) is 42.8 Å². The molecule has 98 valence electrons. The second-order valence-corrected chi connectivity index (χ2v) is 4.79. The van der Waals surface area contributed by atoms with Crippen LogP contribution < -0.4 is 10.6 Å². The molecule has 2 aromatic carbocycles. The van der Waals surface area contributed by atoms with E-state index in [9.17, 15) is 4.79 Å². The van der Waals surface area contributed by atoms with Crippen molar-refractivity contribution in [3.05, 3.63) is 58.6 Å². The molecule has 0 aliphatic rings. The fourth-order valence-electron chi connectivity index (χ4n) is 1.87. The van der Waals surface area contributed by atoms with Crippen LogP contribution in [0, 0.1) is 6.92 Å². The first-order valence-corrected chi connectivity index (χ1v) is 6.27. The van der Waals surface area contributed by atoms with E-state index in [1.54, 1.807) is 31.3 Å². The molecular formula is C15H15ClN2O. The van der Waals surface area contributed by atoms with Crippen LogP contribution in [-0.2, 0) is 0 Å². The summed E-state index contributed by atoms with van der Waals surface area (Å²) in [6.07, 6.45) is 0. The summed E-state index contributed by atoms with van der Waals surface area (Å²) >= 11 is 5.96. The number of anilines is 2. The highest BCUT2D eigenvalue weighted by Crippen LogP contribution is 2.24. The van der Waals surface area contributed by atoms with E-state index in [2.05, 4.69) is 0 Å². The first-order chi connectivity index (χ1) is 9.00. The molecule has 0 aromatic heterocycles. The van der Waals surface area contributed by atoms with Crippen LogP contribution in [0.25, 0.3) is 0 Å². The minimum atomic E-state index is -0.113. The third-order valence-corrected chi connectivity index (χ3v) is 3.43. The lowest BCUT2D eigenvalue weighted by Gasteiger charge is -2.19. The molecule has 2 N–H and O–H groups in total. The monoisotopic (exact) mass is 274 g/mol. The van der Waals surface area contributed by atoms with Crippen LogP contribution in [0.1, 0.15) is 15.9 Å². The molecule has 0 heterocycles. The number of halogens is 1. The Hall–Kier alpha value is -2.00. The second kappa shape index (κ2) is 5.33. The molecule has 0 saturated heterocycles. The van der Waals surface area contributed by atoms with Crippen LogP contribution in [0.2, 0.25) is 5.02 Å². The van der Waals surface area contributed by atoms with Gasteiger partial charge >= 0.3 is 0 Å². The number of hydrogen-bond donors (Lipinski definition) is 1. The molecule has 1 amide bonds. The largest absolute Gasteiger partial charge is 0.397 e. The molecule has 0 fully saturated rings. The van der Waals surface area contributed by atoms with Crippen LogP contribution in [-0.4, -0.2) is 13.0 Å². The average Bonchev–Trinajstić information content (AvgIpc) is 2.41. The van der Waals surface area contributed by atoms with Crippen LogP contribution in [0.5, 0.6) is 0 Å². The number of hydrogen-bond acceptors (Lipinski definition) is 2. The quantitative estimate of drug-likeness (QED) is 0.852. The fraction of sp³-hybridized carbons (Fsp3) is 0.133. The molecule has 0 bridgehead atoms. The van der Waals surface area contributed by atoms with Crippen molar-refractivity contribution < 1.29 is 4.79 Å². The predicted octanol–water partition coefficient (Wildman–Crippen LogP) is 3.51. The van der Waals surface area contributed by atoms with E-state index in [0.29, 0.717) is 22.0 Å². The van der Waals surface area contributed by atoms with Gasteiger partial charge in [0, 0.05) is 17.6 Å². The number of aryl methyl sites for hydroxylation is 1. The Balaban J connectivity index is 2.34. The number of para-hydroxylation sites is 2. The fourth-order valence-corrected chi connectivity index (χ4v) is 1.99. The number of carbonyl (C=O) groups excluding carboxylic acids is 1. The van der Waals surface area contributed by atoms with E-state index in [-0.39, 0.29) is 5.91 Å². The summed E-state index contributed by atoms with van der Waals surface area (Å²) in [5, 5.41) is 0.651. The first-order valence-electron chi connectivity index (χ1n) is 5.89. The maximum atomic E-state index is 12.4. The van der Waals surface area contributed by atoms with Crippen LogP contribution >= 0.6 is 11.6 Å². The highest BCUT2D eigenvalue weighted by Gasteiger charge is 2.15. The van der Waals surface area contributed by atoms with Gasteiger partial charge in [0.1, 0.15) is 0 Å². The van der Waals surface area contributed by atoms with E-state index in [4.69, 9.17) is 17.3 Å². The van der Waals surface area contributed by atoms with Gasteiger partial charge in [-0.1, -0.05) is 23.7 Å². The van der Waals surface area contributed by atoms with Gasteiger partial charge in [0.15, 0.2) is 0 Å². The van der Waals surface area contributed by atoms with E-state index in [1.807, 2.05) is 25.1 Å². The van der Waals surface area contributed by atoms with Crippen LogP contribution in [0.15, 0.2) is 42.5 Å². The molecular weight excluding hydrogens is 260 g/mol. The Morgan fingerprint density at radius 2 is 1.89 bits per heavy atom. The minimum absolute atomic E-state index is 0.113. The third kappa shape index (κ3) is 2.71. The van der Waals surface area contributed by atoms with E-state index < -0.39 is 0 Å². The van der Waals surface area contributed by atoms with Crippen molar-refractivity contribution in [2.75, 3.05) is 17.7 Å². The van der Waals surface area contributed by atoms with Gasteiger partial charge < -0.3 is 10.6 Å². The van der Waals surface area contributed by atoms with Gasteiger partial charge in [-0.15, -0.1) is 0 Å². The molecule has 0 aliphatic carbocycles. The van der Waals surface area contributed by atoms with E-state index >= 15 is 0 Å². The van der Waals surface area contributed by atoms with Crippen molar-refractivity contribution in [2.24, 2.45) is 0 Å². The van der Waals surface area contributed by atoms with Crippen LogP contribution in [0.4, 0.5) is 11.4 Å². The molecule has 2 rings (SSSR count). The summed E-state index contributed by atoms with van der Waals surface area (Å²) in [5.74, 6) is -0.113. The zero-order valence-electron chi connectivity index (χ0n) is 10.9. The standard InChI is InChI=1S/C15H15ClN2O/c1-10-9-11(7-8-12(10)16)15(19)18(2)14-6-4-3-5-13(14)17/h3-9H,17H2,1-2H3. The molecule has 2 aromatic rings. The summed E-state index contributed by atoms with van der Waals surface area (Å²) in [7, 11) is 1.71. The van der Waals surface area contributed by atoms with Gasteiger partial charge in [-0.2, -0.15) is 0 Å². The van der Waals surface area contributed by atoms with Gasteiger partial charge in [0.25, 0.3) is 5.91 Å². The van der Waals surface area contributed by atoms with Gasteiger partial charge in [0.2, 0.25) is 0 Å². The molecule has 0 spiro atoms. The molecule has 0 aliphatic heterocycles. The van der Waals surface area contributed by atoms with E-state index in [1.165, 1.54) is 4.90 Å². The molecule has 0 radical (unpaired) electrons. The highest BCUT2D eigenvalue weighted by atomic mass is 35.5. The van der Waals surface area contributed by atoms with Crippen molar-refractivity contribution in [1.29, 1.82) is 0 Å². The minimum Gasteiger partial charge on any atom is -0.397 e. The number of rotatable bonds is 2. The number of carbonyl (C=O) groups is 1. The van der Waals surface area contributed by atoms with Crippen molar-refractivity contribution in [3.63, 3.8) is 0 Å². The lowest BCUT2D eigenvalue weighted by atomic mass is 10.1. The smallest absolute Gasteiger partial charge is 0.258 e. The summed E-state index contributed by atoms with van der Waals surface area (Å²) in [4.78, 5) is 13.9. The maximum Gasteiger partial charge on any atom is 0.258 e. The average molecular weight is 275 g/mol. The van der Waals surface area contributed by atoms with Crippen molar-refractivity contribution in [1.82, 2.24) is 0 Å². The normalized spacial score (nSPS) is 10.3. The molecule has 19 heavy (non-hydrogen) atoms. The molecule has 0 atom stereocenters. The number of nitrogen functional groups attached to an aromatic ring is 1. The number of amides is 1. The Morgan fingerprint density at radius 3 is 2.53 bits per heavy atom. The van der Waals surface area contributed by atoms with Crippen LogP contribution in [0.3, 0.4) is 0 Å². The van der Waals surface area contributed by atoms with Crippen molar-refractivity contribution in [3.8, 4) is 0 Å². The van der Waals surface area contributed by atoms with Crippen molar-refractivity contribution >= 4 is 28.9 Å². The molecule has 4 heteroatoms. The van der Waals surface area contributed by atoms with Gasteiger partial charge in [0.05, 0.1) is 11.4 Å². The zero-order chi connectivity index (χ0) is 14.0. The summed E-state index contributed by atoms with van der Waals surface area (Å²) in [6, 6.07) is 12.5. The molecule has 0 saturated carbocycles. The third-order valence-electron chi connectivity index (χ3n) is 3.01. The van der Waals surface area contributed by atoms with Crippen molar-refractivity contribution in [2.45, 2.75) is 6.92 Å². The lowest BCUT2D eigenvalue weighted by molar-refractivity contribution is 0.0993. The second-order valence-electron chi connectivity index (χ2n) is 4.39. The SMILES string of the molecule is Cc1cc(C(=O)N(C)c2ccccc2N)ccc1Cl. The van der Waals surface area contributed by atoms with E-state index in [0.717, 1.165) is 5.56 Å². The Bertz CT molecular complexity index is 625.